The van der Waals surface area contributed by atoms with E-state index < -0.39 is 6.10 Å². The van der Waals surface area contributed by atoms with Crippen molar-refractivity contribution in [3.8, 4) is 17.2 Å². The molecule has 0 spiro atoms. The maximum Gasteiger partial charge on any atom is 0.203 e. The molecule has 1 unspecified atom stereocenters. The molecule has 0 aromatic heterocycles. The number of aliphatic hydroxyl groups is 1. The Kier molecular flexibility index (Phi) is 5.34. The summed E-state index contributed by atoms with van der Waals surface area (Å²) in [5.41, 5.74) is 2.55. The Bertz CT molecular complexity index is 628. The van der Waals surface area contributed by atoms with Crippen LogP contribution in [0.15, 0.2) is 36.4 Å². The fourth-order valence-electron chi connectivity index (χ4n) is 2.41. The van der Waals surface area contributed by atoms with Gasteiger partial charge in [0.1, 0.15) is 6.10 Å². The van der Waals surface area contributed by atoms with Gasteiger partial charge in [-0.1, -0.05) is 12.1 Å². The third-order valence-corrected chi connectivity index (χ3v) is 3.73. The number of hydrogen-bond acceptors (Lipinski definition) is 5. The standard InChI is InChI=1S/C18H23NO4/c1-19(2)14-8-6-12(7-9-14)17(20)13-10-15(21-3)18(23-5)16(11-13)22-4/h6-11,17,20H,1-5H3. The summed E-state index contributed by atoms with van der Waals surface area (Å²) in [6.45, 7) is 0. The van der Waals surface area contributed by atoms with E-state index in [1.54, 1.807) is 33.5 Å². The normalized spacial score (nSPS) is 11.7. The summed E-state index contributed by atoms with van der Waals surface area (Å²) >= 11 is 0. The van der Waals surface area contributed by atoms with Crippen molar-refractivity contribution in [2.24, 2.45) is 0 Å². The van der Waals surface area contributed by atoms with Crippen molar-refractivity contribution in [2.45, 2.75) is 6.10 Å². The topological polar surface area (TPSA) is 51.2 Å². The van der Waals surface area contributed by atoms with Gasteiger partial charge in [0.25, 0.3) is 0 Å². The molecule has 2 aromatic rings. The van der Waals surface area contributed by atoms with Crippen LogP contribution in [0.4, 0.5) is 5.69 Å². The van der Waals surface area contributed by atoms with Crippen molar-refractivity contribution >= 4 is 5.69 Å². The van der Waals surface area contributed by atoms with Gasteiger partial charge < -0.3 is 24.2 Å². The largest absolute Gasteiger partial charge is 0.493 e. The summed E-state index contributed by atoms with van der Waals surface area (Å²) in [4.78, 5) is 2.01. The molecule has 5 heteroatoms. The third-order valence-electron chi connectivity index (χ3n) is 3.73. The zero-order valence-electron chi connectivity index (χ0n) is 14.2. The van der Waals surface area contributed by atoms with Crippen LogP contribution < -0.4 is 19.1 Å². The highest BCUT2D eigenvalue weighted by atomic mass is 16.5. The van der Waals surface area contributed by atoms with Crippen molar-refractivity contribution in [3.63, 3.8) is 0 Å². The van der Waals surface area contributed by atoms with Crippen molar-refractivity contribution in [3.05, 3.63) is 47.5 Å². The maximum atomic E-state index is 10.7. The maximum absolute atomic E-state index is 10.7. The van der Waals surface area contributed by atoms with Crippen LogP contribution in [-0.4, -0.2) is 40.5 Å². The summed E-state index contributed by atoms with van der Waals surface area (Å²) in [5.74, 6) is 1.55. The van der Waals surface area contributed by atoms with Crippen LogP contribution in [0.1, 0.15) is 17.2 Å². The molecule has 5 nitrogen and oxygen atoms in total. The van der Waals surface area contributed by atoms with Gasteiger partial charge in [0.2, 0.25) is 5.75 Å². The molecule has 0 aliphatic heterocycles. The zero-order chi connectivity index (χ0) is 17.0. The predicted molar refractivity (Wildman–Crippen MR) is 90.9 cm³/mol. The Hall–Kier alpha value is -2.40. The van der Waals surface area contributed by atoms with E-state index in [4.69, 9.17) is 14.2 Å². The number of aliphatic hydroxyl groups excluding tert-OH is 1. The number of ether oxygens (including phenoxy) is 3. The van der Waals surface area contributed by atoms with E-state index in [2.05, 4.69) is 0 Å². The molecule has 0 saturated heterocycles. The number of rotatable bonds is 6. The lowest BCUT2D eigenvalue weighted by atomic mass is 10.00. The number of hydrogen-bond donors (Lipinski definition) is 1. The molecule has 0 aliphatic carbocycles. The van der Waals surface area contributed by atoms with Crippen molar-refractivity contribution in [2.75, 3.05) is 40.3 Å². The van der Waals surface area contributed by atoms with Crippen LogP contribution in [0.2, 0.25) is 0 Å². The quantitative estimate of drug-likeness (QED) is 0.888. The molecular weight excluding hydrogens is 294 g/mol. The first-order chi connectivity index (χ1) is 11.0. The minimum Gasteiger partial charge on any atom is -0.493 e. The second-order valence-electron chi connectivity index (χ2n) is 5.35. The van der Waals surface area contributed by atoms with Gasteiger partial charge in [-0.25, -0.2) is 0 Å². The summed E-state index contributed by atoms with van der Waals surface area (Å²) in [5, 5.41) is 10.7. The van der Waals surface area contributed by atoms with E-state index in [1.165, 1.54) is 0 Å². The van der Waals surface area contributed by atoms with Crippen LogP contribution in [0.5, 0.6) is 17.2 Å². The summed E-state index contributed by atoms with van der Waals surface area (Å²) < 4.78 is 16.0. The van der Waals surface area contributed by atoms with Gasteiger partial charge in [0.05, 0.1) is 21.3 Å². The second-order valence-corrected chi connectivity index (χ2v) is 5.35. The molecule has 23 heavy (non-hydrogen) atoms. The predicted octanol–water partition coefficient (Wildman–Crippen LogP) is 2.86. The lowest BCUT2D eigenvalue weighted by Crippen LogP contribution is -2.09. The van der Waals surface area contributed by atoms with Crippen LogP contribution in [0.3, 0.4) is 0 Å². The van der Waals surface area contributed by atoms with E-state index in [0.717, 1.165) is 11.3 Å². The Balaban J connectivity index is 2.40. The van der Waals surface area contributed by atoms with Gasteiger partial charge in [0, 0.05) is 19.8 Å². The molecule has 124 valence electrons. The average Bonchev–Trinajstić information content (AvgIpc) is 2.59. The molecule has 0 amide bonds. The van der Waals surface area contributed by atoms with Gasteiger partial charge >= 0.3 is 0 Å². The Labute approximate surface area is 137 Å². The minimum absolute atomic E-state index is 0.508. The Morgan fingerprint density at radius 1 is 0.826 bits per heavy atom. The molecule has 0 radical (unpaired) electrons. The summed E-state index contributed by atoms with van der Waals surface area (Å²) in [6.07, 6.45) is -0.778. The number of anilines is 1. The van der Waals surface area contributed by atoms with Crippen molar-refractivity contribution < 1.29 is 19.3 Å². The molecule has 0 saturated carbocycles. The molecule has 1 atom stereocenters. The molecule has 2 aromatic carbocycles. The number of benzene rings is 2. The molecule has 0 fully saturated rings. The van der Waals surface area contributed by atoms with E-state index in [-0.39, 0.29) is 0 Å². The lowest BCUT2D eigenvalue weighted by Gasteiger charge is -2.18. The fourth-order valence-corrected chi connectivity index (χ4v) is 2.41. The first-order valence-electron chi connectivity index (χ1n) is 7.27. The first kappa shape index (κ1) is 17.0. The molecule has 0 heterocycles. The first-order valence-corrected chi connectivity index (χ1v) is 7.27. The van der Waals surface area contributed by atoms with Crippen molar-refractivity contribution in [1.29, 1.82) is 0 Å². The lowest BCUT2D eigenvalue weighted by molar-refractivity contribution is 0.218. The van der Waals surface area contributed by atoms with Gasteiger partial charge in [0.15, 0.2) is 11.5 Å². The molecule has 1 N–H and O–H groups in total. The van der Waals surface area contributed by atoms with E-state index in [9.17, 15) is 5.11 Å². The minimum atomic E-state index is -0.778. The van der Waals surface area contributed by atoms with Crippen LogP contribution in [0, 0.1) is 0 Å². The smallest absolute Gasteiger partial charge is 0.203 e. The van der Waals surface area contributed by atoms with Crippen LogP contribution in [0.25, 0.3) is 0 Å². The van der Waals surface area contributed by atoms with E-state index in [1.807, 2.05) is 43.3 Å². The summed E-state index contributed by atoms with van der Waals surface area (Å²) in [7, 11) is 8.62. The van der Waals surface area contributed by atoms with Gasteiger partial charge in [-0.15, -0.1) is 0 Å². The molecule has 0 aliphatic rings. The fraction of sp³-hybridized carbons (Fsp3) is 0.333. The van der Waals surface area contributed by atoms with Crippen LogP contribution >= 0.6 is 0 Å². The number of nitrogens with zero attached hydrogens (tertiary/aromatic N) is 1. The van der Waals surface area contributed by atoms with Crippen LogP contribution in [-0.2, 0) is 0 Å². The van der Waals surface area contributed by atoms with Gasteiger partial charge in [-0.3, -0.25) is 0 Å². The summed E-state index contributed by atoms with van der Waals surface area (Å²) in [6, 6.07) is 11.3. The Morgan fingerprint density at radius 2 is 1.35 bits per heavy atom. The second kappa shape index (κ2) is 7.24. The molecule has 0 bridgehead atoms. The van der Waals surface area contributed by atoms with Crippen molar-refractivity contribution in [1.82, 2.24) is 0 Å². The highest BCUT2D eigenvalue weighted by Gasteiger charge is 2.18. The third kappa shape index (κ3) is 3.51. The van der Waals surface area contributed by atoms with Gasteiger partial charge in [-0.05, 0) is 35.4 Å². The average molecular weight is 317 g/mol. The highest BCUT2D eigenvalue weighted by molar-refractivity contribution is 5.55. The SMILES string of the molecule is COc1cc(C(O)c2ccc(N(C)C)cc2)cc(OC)c1OC. The Morgan fingerprint density at radius 3 is 1.74 bits per heavy atom. The van der Waals surface area contributed by atoms with E-state index >= 15 is 0 Å². The molecular formula is C18H23NO4. The highest BCUT2D eigenvalue weighted by Crippen LogP contribution is 2.40. The molecule has 2 rings (SSSR count). The van der Waals surface area contributed by atoms with Gasteiger partial charge in [-0.2, -0.15) is 0 Å². The zero-order valence-corrected chi connectivity index (χ0v) is 14.2. The van der Waals surface area contributed by atoms with E-state index in [0.29, 0.717) is 22.8 Å². The monoisotopic (exact) mass is 317 g/mol. The number of methoxy groups -OCH3 is 3.